The van der Waals surface area contributed by atoms with Crippen LogP contribution >= 0.6 is 11.3 Å². The van der Waals surface area contributed by atoms with E-state index < -0.39 is 0 Å². The third kappa shape index (κ3) is 3.88. The maximum Gasteiger partial charge on any atom is 0.112 e. The molecular formula is C16H23N3S. The molecule has 0 spiro atoms. The number of likely N-dealkylation sites (N-methyl/N-ethyl adjacent to an activating group) is 1. The van der Waals surface area contributed by atoms with Gasteiger partial charge in [-0.1, -0.05) is 24.3 Å². The van der Waals surface area contributed by atoms with Crippen molar-refractivity contribution < 1.29 is 0 Å². The first-order valence-corrected chi connectivity index (χ1v) is 7.88. The summed E-state index contributed by atoms with van der Waals surface area (Å²) in [5.41, 5.74) is 2.68. The molecule has 1 aromatic heterocycles. The molecule has 0 aliphatic carbocycles. The average molecular weight is 289 g/mol. The van der Waals surface area contributed by atoms with Gasteiger partial charge in [-0.3, -0.25) is 0 Å². The van der Waals surface area contributed by atoms with E-state index in [0.717, 1.165) is 24.5 Å². The van der Waals surface area contributed by atoms with E-state index >= 15 is 0 Å². The van der Waals surface area contributed by atoms with Gasteiger partial charge in [-0.2, -0.15) is 0 Å². The van der Waals surface area contributed by atoms with E-state index in [2.05, 4.69) is 53.7 Å². The highest BCUT2D eigenvalue weighted by Gasteiger charge is 2.22. The number of nitrogens with one attached hydrogen (secondary N) is 2. The molecule has 1 heterocycles. The largest absolute Gasteiger partial charge is 0.319 e. The predicted molar refractivity (Wildman–Crippen MR) is 86.1 cm³/mol. The number of hydrogen-bond donors (Lipinski definition) is 2. The van der Waals surface area contributed by atoms with Crippen LogP contribution in [0.4, 0.5) is 0 Å². The lowest BCUT2D eigenvalue weighted by molar-refractivity contribution is 0.398. The van der Waals surface area contributed by atoms with Crippen molar-refractivity contribution in [1.29, 1.82) is 0 Å². The van der Waals surface area contributed by atoms with Gasteiger partial charge in [0.25, 0.3) is 0 Å². The fourth-order valence-electron chi connectivity index (χ4n) is 2.16. The van der Waals surface area contributed by atoms with Crippen LogP contribution in [0.2, 0.25) is 0 Å². The first kappa shape index (κ1) is 15.2. The molecule has 0 radical (unpaired) electrons. The molecule has 0 aliphatic rings. The number of nitrogens with zero attached hydrogens (tertiary/aromatic N) is 1. The second-order valence-electron chi connectivity index (χ2n) is 5.44. The fraction of sp³-hybridized carbons (Fsp3) is 0.438. The second-order valence-corrected chi connectivity index (χ2v) is 6.33. The Balaban J connectivity index is 2.03. The highest BCUT2D eigenvalue weighted by atomic mass is 32.1. The van der Waals surface area contributed by atoms with E-state index in [1.165, 1.54) is 11.1 Å². The van der Waals surface area contributed by atoms with Gasteiger partial charge in [-0.25, -0.2) is 4.98 Å². The van der Waals surface area contributed by atoms with Crippen LogP contribution in [-0.4, -0.2) is 18.6 Å². The highest BCUT2D eigenvalue weighted by molar-refractivity contribution is 7.09. The summed E-state index contributed by atoms with van der Waals surface area (Å²) in [6.45, 7) is 6.24. The molecule has 0 atom stereocenters. The summed E-state index contributed by atoms with van der Waals surface area (Å²) in [5, 5.41) is 9.99. The van der Waals surface area contributed by atoms with Gasteiger partial charge in [-0.05, 0) is 45.0 Å². The lowest BCUT2D eigenvalue weighted by Crippen LogP contribution is -2.36. The lowest BCUT2D eigenvalue weighted by atomic mass is 10.0. The molecule has 0 amide bonds. The van der Waals surface area contributed by atoms with Crippen LogP contribution in [0, 0.1) is 0 Å². The molecule has 2 aromatic rings. The SMILES string of the molecule is CNCCc1ccccc1CNC(C)(C)c1nccs1. The van der Waals surface area contributed by atoms with Crippen LogP contribution in [0.5, 0.6) is 0 Å². The first-order chi connectivity index (χ1) is 9.63. The van der Waals surface area contributed by atoms with E-state index in [1.807, 2.05) is 18.6 Å². The minimum absolute atomic E-state index is 0.0930. The molecule has 0 unspecified atom stereocenters. The third-order valence-electron chi connectivity index (χ3n) is 3.45. The first-order valence-electron chi connectivity index (χ1n) is 7.00. The average Bonchev–Trinajstić information content (AvgIpc) is 2.99. The molecule has 0 bridgehead atoms. The molecule has 2 N–H and O–H groups in total. The number of thiazole rings is 1. The molecular weight excluding hydrogens is 266 g/mol. The summed E-state index contributed by atoms with van der Waals surface area (Å²) in [4.78, 5) is 4.42. The lowest BCUT2D eigenvalue weighted by Gasteiger charge is -2.24. The molecule has 0 saturated heterocycles. The number of hydrogen-bond acceptors (Lipinski definition) is 4. The quantitative estimate of drug-likeness (QED) is 0.823. The molecule has 108 valence electrons. The Morgan fingerprint density at radius 1 is 1.20 bits per heavy atom. The maximum atomic E-state index is 4.42. The Hall–Kier alpha value is -1.23. The molecule has 0 aliphatic heterocycles. The van der Waals surface area contributed by atoms with Crippen LogP contribution < -0.4 is 10.6 Å². The molecule has 0 fully saturated rings. The van der Waals surface area contributed by atoms with Gasteiger partial charge in [0, 0.05) is 18.1 Å². The van der Waals surface area contributed by atoms with E-state index in [-0.39, 0.29) is 5.54 Å². The topological polar surface area (TPSA) is 37.0 Å². The summed E-state index contributed by atoms with van der Waals surface area (Å²) < 4.78 is 0. The Kier molecular flexibility index (Phi) is 5.29. The normalized spacial score (nSPS) is 11.8. The van der Waals surface area contributed by atoms with Crippen molar-refractivity contribution in [2.75, 3.05) is 13.6 Å². The van der Waals surface area contributed by atoms with Crippen LogP contribution in [-0.2, 0) is 18.5 Å². The van der Waals surface area contributed by atoms with E-state index in [1.54, 1.807) is 11.3 Å². The van der Waals surface area contributed by atoms with Crippen molar-refractivity contribution in [3.8, 4) is 0 Å². The van der Waals surface area contributed by atoms with Crippen LogP contribution in [0.3, 0.4) is 0 Å². The van der Waals surface area contributed by atoms with Crippen molar-refractivity contribution in [1.82, 2.24) is 15.6 Å². The zero-order chi connectivity index (χ0) is 14.4. The predicted octanol–water partition coefficient (Wildman–Crippen LogP) is 2.93. The smallest absolute Gasteiger partial charge is 0.112 e. The summed E-state index contributed by atoms with van der Waals surface area (Å²) in [7, 11) is 1.99. The van der Waals surface area contributed by atoms with Crippen molar-refractivity contribution in [3.63, 3.8) is 0 Å². The van der Waals surface area contributed by atoms with E-state index in [4.69, 9.17) is 0 Å². The summed E-state index contributed by atoms with van der Waals surface area (Å²) in [6.07, 6.45) is 2.93. The van der Waals surface area contributed by atoms with Crippen molar-refractivity contribution >= 4 is 11.3 Å². The summed E-state index contributed by atoms with van der Waals surface area (Å²) in [6, 6.07) is 8.64. The second kappa shape index (κ2) is 6.97. The van der Waals surface area contributed by atoms with Gasteiger partial charge in [-0.15, -0.1) is 11.3 Å². The van der Waals surface area contributed by atoms with Crippen molar-refractivity contribution in [2.24, 2.45) is 0 Å². The Morgan fingerprint density at radius 2 is 1.95 bits per heavy atom. The number of benzene rings is 1. The molecule has 4 heteroatoms. The van der Waals surface area contributed by atoms with Gasteiger partial charge in [0.2, 0.25) is 0 Å². The third-order valence-corrected chi connectivity index (χ3v) is 4.55. The van der Waals surface area contributed by atoms with Crippen LogP contribution in [0.1, 0.15) is 30.0 Å². The molecule has 2 rings (SSSR count). The molecule has 1 aromatic carbocycles. The number of aromatic nitrogens is 1. The van der Waals surface area contributed by atoms with Gasteiger partial charge in [0.1, 0.15) is 5.01 Å². The summed E-state index contributed by atoms with van der Waals surface area (Å²) in [5.74, 6) is 0. The van der Waals surface area contributed by atoms with Crippen LogP contribution in [0.25, 0.3) is 0 Å². The van der Waals surface area contributed by atoms with Gasteiger partial charge in [0.15, 0.2) is 0 Å². The Labute approximate surface area is 125 Å². The van der Waals surface area contributed by atoms with E-state index in [9.17, 15) is 0 Å². The minimum atomic E-state index is -0.0930. The maximum absolute atomic E-state index is 4.42. The highest BCUT2D eigenvalue weighted by Crippen LogP contribution is 2.23. The van der Waals surface area contributed by atoms with Gasteiger partial charge < -0.3 is 10.6 Å². The standard InChI is InChI=1S/C16H23N3S/c1-16(2,15-18-10-11-20-15)19-12-14-7-5-4-6-13(14)8-9-17-3/h4-7,10-11,17,19H,8-9,12H2,1-3H3. The monoisotopic (exact) mass is 289 g/mol. The van der Waals surface area contributed by atoms with Crippen molar-refractivity contribution in [3.05, 3.63) is 52.0 Å². The Bertz CT molecular complexity index is 520. The zero-order valence-electron chi connectivity index (χ0n) is 12.4. The fourth-order valence-corrected chi connectivity index (χ4v) is 2.90. The molecule has 0 saturated carbocycles. The van der Waals surface area contributed by atoms with Gasteiger partial charge in [0.05, 0.1) is 5.54 Å². The molecule has 20 heavy (non-hydrogen) atoms. The Morgan fingerprint density at radius 3 is 2.60 bits per heavy atom. The number of rotatable bonds is 7. The van der Waals surface area contributed by atoms with Crippen molar-refractivity contribution in [2.45, 2.75) is 32.4 Å². The zero-order valence-corrected chi connectivity index (χ0v) is 13.3. The summed E-state index contributed by atoms with van der Waals surface area (Å²) >= 11 is 1.70. The van der Waals surface area contributed by atoms with E-state index in [0.29, 0.717) is 0 Å². The van der Waals surface area contributed by atoms with Crippen LogP contribution in [0.15, 0.2) is 35.8 Å². The minimum Gasteiger partial charge on any atom is -0.319 e. The van der Waals surface area contributed by atoms with Gasteiger partial charge >= 0.3 is 0 Å². The molecule has 3 nitrogen and oxygen atoms in total.